The summed E-state index contributed by atoms with van der Waals surface area (Å²) >= 11 is 0. The van der Waals surface area contributed by atoms with Crippen LogP contribution in [-0.4, -0.2) is 96.7 Å². The highest BCUT2D eigenvalue weighted by Crippen LogP contribution is 2.45. The Kier molecular flexibility index (Phi) is 70.6. The number of phosphoric acid groups is 2. The lowest BCUT2D eigenvalue weighted by Crippen LogP contribution is -2.30. The number of carbonyl (C=O) groups excluding carboxylic acids is 4. The molecule has 0 aromatic heterocycles. The average molecular weight is 1490 g/mol. The van der Waals surface area contributed by atoms with Crippen LogP contribution in [0.2, 0.25) is 0 Å². The molecule has 3 N–H and O–H groups in total. The van der Waals surface area contributed by atoms with Crippen LogP contribution in [0.4, 0.5) is 0 Å². The zero-order valence-corrected chi connectivity index (χ0v) is 69.0. The lowest BCUT2D eigenvalue weighted by molar-refractivity contribution is -0.161. The van der Waals surface area contributed by atoms with Crippen molar-refractivity contribution in [3.8, 4) is 0 Å². The molecular formula is C83H162O17P2. The Bertz CT molecular complexity index is 1990. The van der Waals surface area contributed by atoms with Gasteiger partial charge in [0.25, 0.3) is 0 Å². The van der Waals surface area contributed by atoms with Gasteiger partial charge in [-0.25, -0.2) is 9.13 Å². The summed E-state index contributed by atoms with van der Waals surface area (Å²) in [6.07, 6.45) is 59.7. The molecule has 0 aliphatic heterocycles. The van der Waals surface area contributed by atoms with E-state index in [0.717, 1.165) is 114 Å². The number of hydrogen-bond acceptors (Lipinski definition) is 15. The molecule has 4 unspecified atom stereocenters. The van der Waals surface area contributed by atoms with Gasteiger partial charge in [0.05, 0.1) is 26.4 Å². The van der Waals surface area contributed by atoms with Gasteiger partial charge in [0.15, 0.2) is 12.2 Å². The van der Waals surface area contributed by atoms with Crippen LogP contribution in [0.25, 0.3) is 0 Å². The molecule has 0 bridgehead atoms. The third-order valence-electron chi connectivity index (χ3n) is 19.7. The van der Waals surface area contributed by atoms with E-state index in [9.17, 15) is 43.2 Å². The number of aliphatic hydroxyl groups excluding tert-OH is 1. The first-order valence-electron chi connectivity index (χ1n) is 42.7. The molecule has 6 atom stereocenters. The molecule has 0 rings (SSSR count). The minimum absolute atomic E-state index is 0.106. The van der Waals surface area contributed by atoms with Gasteiger partial charge in [-0.3, -0.25) is 37.3 Å². The van der Waals surface area contributed by atoms with Crippen LogP contribution in [0.15, 0.2) is 0 Å². The maximum Gasteiger partial charge on any atom is 0.472 e. The third-order valence-corrected chi connectivity index (χ3v) is 21.6. The summed E-state index contributed by atoms with van der Waals surface area (Å²) in [5.74, 6) is 1.02. The molecule has 0 spiro atoms. The highest BCUT2D eigenvalue weighted by molar-refractivity contribution is 7.47. The smallest absolute Gasteiger partial charge is 0.462 e. The van der Waals surface area contributed by atoms with Crippen molar-refractivity contribution in [2.45, 2.75) is 446 Å². The van der Waals surface area contributed by atoms with Crippen LogP contribution in [0.3, 0.4) is 0 Å². The van der Waals surface area contributed by atoms with Crippen molar-refractivity contribution in [1.82, 2.24) is 0 Å². The summed E-state index contributed by atoms with van der Waals surface area (Å²) < 4.78 is 68.8. The first-order chi connectivity index (χ1) is 49.1. The van der Waals surface area contributed by atoms with E-state index in [-0.39, 0.29) is 25.7 Å². The highest BCUT2D eigenvalue weighted by Gasteiger charge is 2.30. The molecule has 0 heterocycles. The quantitative estimate of drug-likeness (QED) is 0.0222. The molecule has 0 aliphatic rings. The Labute approximate surface area is 626 Å². The summed E-state index contributed by atoms with van der Waals surface area (Å²) in [5, 5.41) is 10.7. The number of esters is 4. The van der Waals surface area contributed by atoms with Crippen LogP contribution in [0.5, 0.6) is 0 Å². The minimum Gasteiger partial charge on any atom is -0.462 e. The van der Waals surface area contributed by atoms with Gasteiger partial charge >= 0.3 is 39.5 Å². The molecule has 19 heteroatoms. The van der Waals surface area contributed by atoms with Gasteiger partial charge in [-0.05, 0) is 49.4 Å². The maximum atomic E-state index is 13.1. The van der Waals surface area contributed by atoms with Gasteiger partial charge in [-0.1, -0.05) is 376 Å². The maximum absolute atomic E-state index is 13.1. The van der Waals surface area contributed by atoms with E-state index in [1.807, 2.05) is 0 Å². The second-order valence-corrected chi connectivity index (χ2v) is 34.4. The summed E-state index contributed by atoms with van der Waals surface area (Å²) in [5.41, 5.74) is 0. The van der Waals surface area contributed by atoms with Crippen LogP contribution in [0, 0.1) is 23.7 Å². The van der Waals surface area contributed by atoms with E-state index in [1.54, 1.807) is 0 Å². The highest BCUT2D eigenvalue weighted by atomic mass is 31.2. The molecule has 0 amide bonds. The monoisotopic (exact) mass is 1490 g/mol. The molecule has 0 saturated heterocycles. The summed E-state index contributed by atoms with van der Waals surface area (Å²) in [6.45, 7) is 14.3. The van der Waals surface area contributed by atoms with Crippen LogP contribution < -0.4 is 0 Å². The van der Waals surface area contributed by atoms with Crippen molar-refractivity contribution in [2.75, 3.05) is 39.6 Å². The third kappa shape index (κ3) is 74.9. The van der Waals surface area contributed by atoms with E-state index in [1.165, 1.54) is 225 Å². The number of aliphatic hydroxyl groups is 1. The fourth-order valence-corrected chi connectivity index (χ4v) is 14.3. The van der Waals surface area contributed by atoms with Crippen molar-refractivity contribution < 1.29 is 80.2 Å². The van der Waals surface area contributed by atoms with Crippen molar-refractivity contribution in [1.29, 1.82) is 0 Å². The van der Waals surface area contributed by atoms with E-state index in [2.05, 4.69) is 55.4 Å². The number of phosphoric ester groups is 2. The summed E-state index contributed by atoms with van der Waals surface area (Å²) in [4.78, 5) is 73.1. The van der Waals surface area contributed by atoms with Gasteiger partial charge in [0.2, 0.25) is 0 Å². The first kappa shape index (κ1) is 100. The molecule has 0 radical (unpaired) electrons. The van der Waals surface area contributed by atoms with Gasteiger partial charge in [-0.15, -0.1) is 0 Å². The molecule has 0 saturated carbocycles. The standard InChI is InChI=1S/C83H162O17P2/c1-9-76(8)62-54-46-38-30-26-27-33-41-50-58-66-83(88)99-78(69-93-80(85)63-55-47-39-31-24-20-16-12-10-14-18-22-28-35-43-51-59-73(2)3)71-97-101(89,90)95-67-77(84)68-96-102(91,92)98-72-79(70-94-81(86)64-56-48-42-34-37-45-53-61-75(6)7)100-82(87)65-57-49-40-32-25-21-17-13-11-15-19-23-29-36-44-52-60-74(4)5/h73-79,84H,9-72H2,1-8H3,(H,89,90)(H,91,92)/t76?,77?,78-,79-/m1/s1. The Balaban J connectivity index is 5.21. The largest absolute Gasteiger partial charge is 0.472 e. The summed E-state index contributed by atoms with van der Waals surface area (Å²) in [6, 6.07) is 0. The SMILES string of the molecule is CCC(C)CCCCCCCCCCCCC(=O)O[C@H](COC(=O)CCCCCCCCCCCCCCCCCCC(C)C)COP(=O)(O)OCC(O)COP(=O)(O)OC[C@@H](COC(=O)CCCCCCCCCC(C)C)OC(=O)CCCCCCCCCCCCCCCCCCC(C)C. The molecular weight excluding hydrogens is 1330 g/mol. The molecule has 0 fully saturated rings. The van der Waals surface area contributed by atoms with Gasteiger partial charge in [0, 0.05) is 25.7 Å². The Hall–Kier alpha value is -1.94. The van der Waals surface area contributed by atoms with E-state index in [4.69, 9.17) is 37.0 Å². The Morgan fingerprint density at radius 1 is 0.275 bits per heavy atom. The number of carbonyl (C=O) groups is 4. The molecule has 0 aliphatic carbocycles. The molecule has 0 aromatic rings. The predicted molar refractivity (Wildman–Crippen MR) is 418 cm³/mol. The van der Waals surface area contributed by atoms with Crippen molar-refractivity contribution in [3.63, 3.8) is 0 Å². The van der Waals surface area contributed by atoms with Gasteiger partial charge in [-0.2, -0.15) is 0 Å². The molecule has 102 heavy (non-hydrogen) atoms. The Morgan fingerprint density at radius 2 is 0.471 bits per heavy atom. The lowest BCUT2D eigenvalue weighted by atomic mass is 9.99. The fourth-order valence-electron chi connectivity index (χ4n) is 12.8. The normalized spacial score (nSPS) is 14.3. The van der Waals surface area contributed by atoms with Crippen LogP contribution in [0.1, 0.15) is 428 Å². The van der Waals surface area contributed by atoms with Gasteiger partial charge in [0.1, 0.15) is 19.3 Å². The lowest BCUT2D eigenvalue weighted by Gasteiger charge is -2.21. The number of ether oxygens (including phenoxy) is 4. The zero-order valence-electron chi connectivity index (χ0n) is 67.2. The number of unbranched alkanes of at least 4 members (excludes halogenated alkanes) is 45. The number of rotatable bonds is 80. The first-order valence-corrected chi connectivity index (χ1v) is 45.7. The van der Waals surface area contributed by atoms with Crippen molar-refractivity contribution in [2.24, 2.45) is 23.7 Å². The second kappa shape index (κ2) is 72.0. The van der Waals surface area contributed by atoms with Crippen LogP contribution in [-0.2, 0) is 65.4 Å². The predicted octanol–water partition coefficient (Wildman–Crippen LogP) is 24.8. The van der Waals surface area contributed by atoms with E-state index >= 15 is 0 Å². The minimum atomic E-state index is -4.96. The van der Waals surface area contributed by atoms with Crippen molar-refractivity contribution >= 4 is 39.5 Å². The topological polar surface area (TPSA) is 237 Å². The molecule has 17 nitrogen and oxygen atoms in total. The fraction of sp³-hybridized carbons (Fsp3) is 0.952. The van der Waals surface area contributed by atoms with Crippen LogP contribution >= 0.6 is 15.6 Å². The van der Waals surface area contributed by atoms with Gasteiger partial charge < -0.3 is 33.8 Å². The van der Waals surface area contributed by atoms with E-state index in [0.29, 0.717) is 31.6 Å². The van der Waals surface area contributed by atoms with Crippen molar-refractivity contribution in [3.05, 3.63) is 0 Å². The average Bonchev–Trinajstić information content (AvgIpc) is 0.939. The summed E-state index contributed by atoms with van der Waals surface area (Å²) in [7, 11) is -9.92. The van der Waals surface area contributed by atoms with E-state index < -0.39 is 97.5 Å². The zero-order chi connectivity index (χ0) is 75.3. The molecule has 0 aromatic carbocycles. The number of hydrogen-bond donors (Lipinski definition) is 3. The Morgan fingerprint density at radius 3 is 0.696 bits per heavy atom. The second-order valence-electron chi connectivity index (χ2n) is 31.5. The molecule has 606 valence electrons.